The number of hydrogen-bond acceptors (Lipinski definition) is 4. The predicted octanol–water partition coefficient (Wildman–Crippen LogP) is 2.02. The van der Waals surface area contributed by atoms with Crippen LogP contribution in [-0.2, 0) is 20.9 Å². The average molecular weight is 278 g/mol. The fraction of sp³-hybridized carbons (Fsp3) is 0.533. The molecule has 5 nitrogen and oxygen atoms in total. The maximum absolute atomic E-state index is 12.2. The molecule has 0 N–H and O–H groups in total. The lowest BCUT2D eigenvalue weighted by Crippen LogP contribution is -2.33. The largest absolute Gasteiger partial charge is 0.469 e. The highest BCUT2D eigenvalue weighted by atomic mass is 16.5. The van der Waals surface area contributed by atoms with Crippen LogP contribution in [0.4, 0.5) is 0 Å². The Balaban J connectivity index is 2.68. The normalized spacial score (nSPS) is 10.4. The first-order valence-corrected chi connectivity index (χ1v) is 6.77. The van der Waals surface area contributed by atoms with Crippen molar-refractivity contribution in [2.24, 2.45) is 5.92 Å². The summed E-state index contributed by atoms with van der Waals surface area (Å²) < 4.78 is 4.62. The fourth-order valence-electron chi connectivity index (χ4n) is 1.79. The van der Waals surface area contributed by atoms with Crippen LogP contribution in [0.1, 0.15) is 32.4 Å². The van der Waals surface area contributed by atoms with E-state index in [0.717, 1.165) is 5.69 Å². The summed E-state index contributed by atoms with van der Waals surface area (Å²) in [5.74, 6) is 0.00906. The van der Waals surface area contributed by atoms with Crippen LogP contribution in [0.2, 0.25) is 0 Å². The molecule has 1 heterocycles. The van der Waals surface area contributed by atoms with E-state index in [1.807, 2.05) is 32.0 Å². The second kappa shape index (κ2) is 8.30. The molecule has 20 heavy (non-hydrogen) atoms. The summed E-state index contributed by atoms with van der Waals surface area (Å²) in [6, 6.07) is 5.58. The maximum atomic E-state index is 12.2. The molecule has 5 heteroatoms. The Hall–Kier alpha value is -1.91. The quantitative estimate of drug-likeness (QED) is 0.716. The first kappa shape index (κ1) is 16.1. The maximum Gasteiger partial charge on any atom is 0.307 e. The number of amides is 1. The van der Waals surface area contributed by atoms with E-state index in [0.29, 0.717) is 19.5 Å². The number of nitrogens with zero attached hydrogens (tertiary/aromatic N) is 2. The van der Waals surface area contributed by atoms with Crippen molar-refractivity contribution < 1.29 is 14.3 Å². The Labute approximate surface area is 119 Å². The van der Waals surface area contributed by atoms with Crippen molar-refractivity contribution >= 4 is 11.9 Å². The summed E-state index contributed by atoms with van der Waals surface area (Å²) in [7, 11) is 1.35. The van der Waals surface area contributed by atoms with Gasteiger partial charge < -0.3 is 9.64 Å². The monoisotopic (exact) mass is 278 g/mol. The van der Waals surface area contributed by atoms with Crippen molar-refractivity contribution in [1.82, 2.24) is 9.88 Å². The van der Waals surface area contributed by atoms with Gasteiger partial charge in [-0.15, -0.1) is 0 Å². The summed E-state index contributed by atoms with van der Waals surface area (Å²) in [6.07, 6.45) is 2.36. The summed E-state index contributed by atoms with van der Waals surface area (Å²) in [5.41, 5.74) is 0.814. The van der Waals surface area contributed by atoms with E-state index in [2.05, 4.69) is 9.72 Å². The minimum Gasteiger partial charge on any atom is -0.469 e. The topological polar surface area (TPSA) is 59.5 Å². The third-order valence-electron chi connectivity index (χ3n) is 2.83. The van der Waals surface area contributed by atoms with Gasteiger partial charge in [0, 0.05) is 19.2 Å². The molecule has 0 atom stereocenters. The molecule has 0 aliphatic carbocycles. The average Bonchev–Trinajstić information content (AvgIpc) is 2.43. The number of ether oxygens (including phenoxy) is 1. The number of aromatic nitrogens is 1. The zero-order chi connectivity index (χ0) is 15.0. The van der Waals surface area contributed by atoms with Gasteiger partial charge in [0.05, 0.1) is 25.8 Å². The molecule has 0 aliphatic rings. The Kier molecular flexibility index (Phi) is 6.70. The number of methoxy groups -OCH3 is 1. The number of hydrogen-bond donors (Lipinski definition) is 0. The van der Waals surface area contributed by atoms with Crippen LogP contribution < -0.4 is 0 Å². The van der Waals surface area contributed by atoms with Crippen molar-refractivity contribution in [2.45, 2.75) is 33.2 Å². The van der Waals surface area contributed by atoms with Crippen molar-refractivity contribution in [1.29, 1.82) is 0 Å². The van der Waals surface area contributed by atoms with Gasteiger partial charge in [0.15, 0.2) is 0 Å². The first-order valence-electron chi connectivity index (χ1n) is 6.77. The lowest BCUT2D eigenvalue weighted by atomic mass is 10.1. The van der Waals surface area contributed by atoms with Gasteiger partial charge in [0.1, 0.15) is 0 Å². The van der Waals surface area contributed by atoms with Gasteiger partial charge in [-0.05, 0) is 18.1 Å². The minimum absolute atomic E-state index is 0.0366. The summed E-state index contributed by atoms with van der Waals surface area (Å²) >= 11 is 0. The third kappa shape index (κ3) is 5.82. The molecule has 1 aromatic rings. The Morgan fingerprint density at radius 3 is 2.65 bits per heavy atom. The predicted molar refractivity (Wildman–Crippen MR) is 75.7 cm³/mol. The molecule has 0 saturated carbocycles. The van der Waals surface area contributed by atoms with Gasteiger partial charge >= 0.3 is 5.97 Å². The van der Waals surface area contributed by atoms with Gasteiger partial charge in [0.2, 0.25) is 5.91 Å². The molecule has 1 rings (SSSR count). The summed E-state index contributed by atoms with van der Waals surface area (Å²) in [5, 5.41) is 0. The Bertz CT molecular complexity index is 432. The Morgan fingerprint density at radius 2 is 2.10 bits per heavy atom. The highest BCUT2D eigenvalue weighted by Gasteiger charge is 2.17. The van der Waals surface area contributed by atoms with Crippen molar-refractivity contribution in [3.63, 3.8) is 0 Å². The van der Waals surface area contributed by atoms with Gasteiger partial charge in [-0.2, -0.15) is 0 Å². The zero-order valence-corrected chi connectivity index (χ0v) is 12.3. The van der Waals surface area contributed by atoms with E-state index in [1.165, 1.54) is 7.11 Å². The lowest BCUT2D eigenvalue weighted by molar-refractivity contribution is -0.142. The van der Waals surface area contributed by atoms with Crippen molar-refractivity contribution in [3.05, 3.63) is 30.1 Å². The molecule has 1 aromatic heterocycles. The molecule has 0 saturated heterocycles. The second-order valence-corrected chi connectivity index (χ2v) is 5.06. The highest BCUT2D eigenvalue weighted by molar-refractivity contribution is 5.77. The molecular weight excluding hydrogens is 256 g/mol. The van der Waals surface area contributed by atoms with Gasteiger partial charge in [-0.25, -0.2) is 0 Å². The van der Waals surface area contributed by atoms with E-state index in [4.69, 9.17) is 0 Å². The molecule has 0 aromatic carbocycles. The van der Waals surface area contributed by atoms with Crippen LogP contribution in [0.25, 0.3) is 0 Å². The molecule has 110 valence electrons. The molecule has 0 fully saturated rings. The van der Waals surface area contributed by atoms with Crippen LogP contribution in [0.5, 0.6) is 0 Å². The number of pyridine rings is 1. The van der Waals surface area contributed by atoms with Crippen LogP contribution >= 0.6 is 0 Å². The molecule has 0 bridgehead atoms. The van der Waals surface area contributed by atoms with Crippen LogP contribution in [0.3, 0.4) is 0 Å². The molecule has 0 radical (unpaired) electrons. The van der Waals surface area contributed by atoms with Gasteiger partial charge in [0.25, 0.3) is 0 Å². The van der Waals surface area contributed by atoms with Crippen LogP contribution in [-0.4, -0.2) is 35.4 Å². The molecule has 1 amide bonds. The van der Waals surface area contributed by atoms with E-state index < -0.39 is 0 Å². The van der Waals surface area contributed by atoms with Gasteiger partial charge in [-0.1, -0.05) is 19.9 Å². The molecule has 0 aliphatic heterocycles. The van der Waals surface area contributed by atoms with E-state index in [-0.39, 0.29) is 24.2 Å². The number of carbonyl (C=O) groups excluding carboxylic acids is 2. The zero-order valence-electron chi connectivity index (χ0n) is 12.3. The fourth-order valence-corrected chi connectivity index (χ4v) is 1.79. The second-order valence-electron chi connectivity index (χ2n) is 5.06. The molecule has 0 spiro atoms. The standard InChI is InChI=1S/C15H22N2O3/c1-12(2)10-14(18)17(9-7-15(19)20-3)11-13-6-4-5-8-16-13/h4-6,8,12H,7,9-11H2,1-3H3. The van der Waals surface area contributed by atoms with E-state index in [9.17, 15) is 9.59 Å². The SMILES string of the molecule is COC(=O)CCN(Cc1ccccn1)C(=O)CC(C)C. The molecule has 0 unspecified atom stereocenters. The first-order chi connectivity index (χ1) is 9.52. The van der Waals surface area contributed by atoms with E-state index in [1.54, 1.807) is 11.1 Å². The smallest absolute Gasteiger partial charge is 0.307 e. The van der Waals surface area contributed by atoms with Gasteiger partial charge in [-0.3, -0.25) is 14.6 Å². The van der Waals surface area contributed by atoms with E-state index >= 15 is 0 Å². The van der Waals surface area contributed by atoms with Crippen molar-refractivity contribution in [3.8, 4) is 0 Å². The van der Waals surface area contributed by atoms with Crippen molar-refractivity contribution in [2.75, 3.05) is 13.7 Å². The Morgan fingerprint density at radius 1 is 1.35 bits per heavy atom. The van der Waals surface area contributed by atoms with Crippen LogP contribution in [0, 0.1) is 5.92 Å². The lowest BCUT2D eigenvalue weighted by Gasteiger charge is -2.22. The number of rotatable bonds is 7. The number of carbonyl (C=O) groups is 2. The number of esters is 1. The van der Waals surface area contributed by atoms with Crippen LogP contribution in [0.15, 0.2) is 24.4 Å². The third-order valence-corrected chi connectivity index (χ3v) is 2.83. The summed E-state index contributed by atoms with van der Waals surface area (Å²) in [6.45, 7) is 4.77. The summed E-state index contributed by atoms with van der Waals surface area (Å²) in [4.78, 5) is 29.3. The highest BCUT2D eigenvalue weighted by Crippen LogP contribution is 2.09. The molecular formula is C15H22N2O3. The minimum atomic E-state index is -0.312.